The third-order valence-corrected chi connectivity index (χ3v) is 3.68. The van der Waals surface area contributed by atoms with Crippen molar-refractivity contribution in [2.75, 3.05) is 0 Å². The quantitative estimate of drug-likeness (QED) is 0.528. The molecule has 0 amide bonds. The predicted octanol–water partition coefficient (Wildman–Crippen LogP) is 3.81. The molecule has 0 atom stereocenters. The van der Waals surface area contributed by atoms with Crippen LogP contribution < -0.4 is 5.43 Å². The highest BCUT2D eigenvalue weighted by Crippen LogP contribution is 2.12. The number of thioether (sulfide) groups is 1. The summed E-state index contributed by atoms with van der Waals surface area (Å²) < 4.78 is 5.88. The van der Waals surface area contributed by atoms with Gasteiger partial charge in [0.1, 0.15) is 11.5 Å². The maximum Gasteiger partial charge on any atom is 0.154 e. The van der Waals surface area contributed by atoms with E-state index in [1.807, 2.05) is 37.3 Å². The first-order chi connectivity index (χ1) is 9.25. The largest absolute Gasteiger partial charge is 0.463 e. The summed E-state index contributed by atoms with van der Waals surface area (Å²) in [6.45, 7) is 1.87. The van der Waals surface area contributed by atoms with Gasteiger partial charge in [-0.05, 0) is 24.6 Å². The second-order valence-electron chi connectivity index (χ2n) is 3.85. The molecule has 19 heavy (non-hydrogen) atoms. The van der Waals surface area contributed by atoms with Crippen molar-refractivity contribution in [2.45, 2.75) is 12.7 Å². The Balaban J connectivity index is 1.80. The summed E-state index contributed by atoms with van der Waals surface area (Å²) in [6.07, 6.45) is 1.62. The molecule has 0 spiro atoms. The molecule has 1 aromatic heterocycles. The average Bonchev–Trinajstić information content (AvgIpc) is 2.98. The van der Waals surface area contributed by atoms with Crippen LogP contribution in [0.3, 0.4) is 0 Å². The van der Waals surface area contributed by atoms with Crippen LogP contribution in [0.4, 0.5) is 0 Å². The van der Waals surface area contributed by atoms with E-state index in [2.05, 4.69) is 22.7 Å². The first-order valence-electron chi connectivity index (χ1n) is 5.80. The van der Waals surface area contributed by atoms with Crippen molar-refractivity contribution in [3.05, 3.63) is 60.1 Å². The van der Waals surface area contributed by atoms with E-state index in [1.54, 1.807) is 18.0 Å². The molecule has 0 saturated carbocycles. The molecule has 0 aliphatic rings. The van der Waals surface area contributed by atoms with Crippen molar-refractivity contribution < 1.29 is 4.42 Å². The summed E-state index contributed by atoms with van der Waals surface area (Å²) in [7, 11) is 0. The van der Waals surface area contributed by atoms with Gasteiger partial charge < -0.3 is 4.42 Å². The molecule has 1 heterocycles. The Hall–Kier alpha value is -1.59. The SMILES string of the molecule is C/C(=N\NC(=S)SCc1ccccc1)c1ccco1. The number of thiocarbonyl (C=S) groups is 1. The Morgan fingerprint density at radius 1 is 1.26 bits per heavy atom. The molecule has 0 unspecified atom stereocenters. The third-order valence-electron chi connectivity index (χ3n) is 2.41. The first kappa shape index (κ1) is 13.8. The summed E-state index contributed by atoms with van der Waals surface area (Å²) in [5.74, 6) is 1.57. The fourth-order valence-corrected chi connectivity index (χ4v) is 2.25. The highest BCUT2D eigenvalue weighted by atomic mass is 32.2. The van der Waals surface area contributed by atoms with Gasteiger partial charge in [0.25, 0.3) is 0 Å². The van der Waals surface area contributed by atoms with Crippen molar-refractivity contribution >= 4 is 34.0 Å². The van der Waals surface area contributed by atoms with Crippen LogP contribution >= 0.6 is 24.0 Å². The summed E-state index contributed by atoms with van der Waals surface area (Å²) in [6, 6.07) is 13.9. The highest BCUT2D eigenvalue weighted by molar-refractivity contribution is 8.22. The second-order valence-corrected chi connectivity index (χ2v) is 5.50. The van der Waals surface area contributed by atoms with Crippen molar-refractivity contribution in [3.8, 4) is 0 Å². The van der Waals surface area contributed by atoms with Crippen molar-refractivity contribution in [1.82, 2.24) is 5.43 Å². The monoisotopic (exact) mass is 290 g/mol. The van der Waals surface area contributed by atoms with Gasteiger partial charge in [0.15, 0.2) is 4.32 Å². The lowest BCUT2D eigenvalue weighted by Gasteiger charge is -2.03. The minimum atomic E-state index is 0.648. The van der Waals surface area contributed by atoms with Gasteiger partial charge in [0, 0.05) is 5.75 Å². The maximum atomic E-state index is 5.24. The topological polar surface area (TPSA) is 37.5 Å². The summed E-state index contributed by atoms with van der Waals surface area (Å²) >= 11 is 6.77. The van der Waals surface area contributed by atoms with Gasteiger partial charge in [-0.15, -0.1) is 0 Å². The number of hydrogen-bond donors (Lipinski definition) is 1. The van der Waals surface area contributed by atoms with Crippen LogP contribution in [0, 0.1) is 0 Å². The molecule has 1 aromatic carbocycles. The molecule has 0 saturated heterocycles. The Labute approximate surface area is 122 Å². The summed E-state index contributed by atoms with van der Waals surface area (Å²) in [4.78, 5) is 0. The van der Waals surface area contributed by atoms with Crippen LogP contribution in [0.1, 0.15) is 18.2 Å². The van der Waals surface area contributed by atoms with E-state index in [0.29, 0.717) is 4.32 Å². The molecular weight excluding hydrogens is 276 g/mol. The van der Waals surface area contributed by atoms with Gasteiger partial charge in [0.05, 0.1) is 6.26 Å². The number of rotatable bonds is 4. The molecule has 0 fully saturated rings. The van der Waals surface area contributed by atoms with Gasteiger partial charge >= 0.3 is 0 Å². The van der Waals surface area contributed by atoms with Crippen LogP contribution in [-0.2, 0) is 5.75 Å². The standard InChI is InChI=1S/C14H14N2OS2/c1-11(13-8-5-9-17-13)15-16-14(18)19-10-12-6-3-2-4-7-12/h2-9H,10H2,1H3,(H,16,18)/b15-11+. The zero-order valence-electron chi connectivity index (χ0n) is 10.5. The maximum absolute atomic E-state index is 5.24. The summed E-state index contributed by atoms with van der Waals surface area (Å²) in [5.41, 5.74) is 4.87. The molecule has 2 rings (SSSR count). The minimum absolute atomic E-state index is 0.648. The zero-order chi connectivity index (χ0) is 13.5. The third kappa shape index (κ3) is 4.54. The van der Waals surface area contributed by atoms with Crippen molar-refractivity contribution in [3.63, 3.8) is 0 Å². The van der Waals surface area contributed by atoms with Crippen LogP contribution in [0.5, 0.6) is 0 Å². The van der Waals surface area contributed by atoms with E-state index < -0.39 is 0 Å². The normalized spacial score (nSPS) is 11.3. The Morgan fingerprint density at radius 3 is 2.74 bits per heavy atom. The molecule has 1 N–H and O–H groups in total. The molecular formula is C14H14N2OS2. The van der Waals surface area contributed by atoms with E-state index in [9.17, 15) is 0 Å². The van der Waals surface area contributed by atoms with Crippen LogP contribution in [0.2, 0.25) is 0 Å². The van der Waals surface area contributed by atoms with E-state index in [0.717, 1.165) is 17.2 Å². The van der Waals surface area contributed by atoms with Gasteiger partial charge in [0.2, 0.25) is 0 Å². The van der Waals surface area contributed by atoms with Crippen molar-refractivity contribution in [1.29, 1.82) is 0 Å². The molecule has 98 valence electrons. The smallest absolute Gasteiger partial charge is 0.154 e. The first-order valence-corrected chi connectivity index (χ1v) is 7.20. The number of hydrazone groups is 1. The lowest BCUT2D eigenvalue weighted by molar-refractivity contribution is 0.556. The van der Waals surface area contributed by atoms with Gasteiger partial charge in [-0.1, -0.05) is 54.3 Å². The second kappa shape index (κ2) is 7.11. The number of benzene rings is 1. The molecule has 2 aromatic rings. The van der Waals surface area contributed by atoms with Gasteiger partial charge in [-0.2, -0.15) is 5.10 Å². The minimum Gasteiger partial charge on any atom is -0.463 e. The Kier molecular flexibility index (Phi) is 5.18. The van der Waals surface area contributed by atoms with E-state index >= 15 is 0 Å². The number of nitrogens with one attached hydrogen (secondary N) is 1. The molecule has 0 radical (unpaired) electrons. The van der Waals surface area contributed by atoms with Gasteiger partial charge in [-0.3, -0.25) is 5.43 Å². The lowest BCUT2D eigenvalue weighted by atomic mass is 10.2. The average molecular weight is 290 g/mol. The van der Waals surface area contributed by atoms with Crippen LogP contribution in [0.25, 0.3) is 0 Å². The Bertz CT molecular complexity index is 550. The van der Waals surface area contributed by atoms with Crippen LogP contribution in [-0.4, -0.2) is 10.0 Å². The van der Waals surface area contributed by atoms with Crippen LogP contribution in [0.15, 0.2) is 58.2 Å². The molecule has 0 bridgehead atoms. The molecule has 3 nitrogen and oxygen atoms in total. The van der Waals surface area contributed by atoms with Crippen molar-refractivity contribution in [2.24, 2.45) is 5.10 Å². The zero-order valence-corrected chi connectivity index (χ0v) is 12.1. The Morgan fingerprint density at radius 2 is 2.05 bits per heavy atom. The predicted molar refractivity (Wildman–Crippen MR) is 84.4 cm³/mol. The number of furan rings is 1. The fraction of sp³-hybridized carbons (Fsp3) is 0.143. The number of hydrogen-bond acceptors (Lipinski definition) is 4. The summed E-state index contributed by atoms with van der Waals surface area (Å²) in [5, 5.41) is 4.19. The molecule has 5 heteroatoms. The molecule has 0 aliphatic heterocycles. The fourth-order valence-electron chi connectivity index (χ4n) is 1.42. The highest BCUT2D eigenvalue weighted by Gasteiger charge is 2.01. The lowest BCUT2D eigenvalue weighted by Crippen LogP contribution is -2.13. The van der Waals surface area contributed by atoms with Gasteiger partial charge in [-0.25, -0.2) is 0 Å². The van der Waals surface area contributed by atoms with E-state index in [4.69, 9.17) is 16.6 Å². The number of nitrogens with zero attached hydrogens (tertiary/aromatic N) is 1. The van der Waals surface area contributed by atoms with E-state index in [-0.39, 0.29) is 0 Å². The van der Waals surface area contributed by atoms with E-state index in [1.165, 1.54) is 5.56 Å². The molecule has 0 aliphatic carbocycles.